The van der Waals surface area contributed by atoms with Gasteiger partial charge in [-0.1, -0.05) is 29.8 Å². The molecule has 124 valence electrons. The number of rotatable bonds is 4. The molecule has 6 nitrogen and oxygen atoms in total. The maximum absolute atomic E-state index is 12.2. The van der Waals surface area contributed by atoms with Crippen molar-refractivity contribution in [3.05, 3.63) is 63.1 Å². The summed E-state index contributed by atoms with van der Waals surface area (Å²) in [5.74, 6) is -0.508. The van der Waals surface area contributed by atoms with Crippen LogP contribution in [0.4, 0.5) is 0 Å². The summed E-state index contributed by atoms with van der Waals surface area (Å²) >= 11 is 0. The van der Waals surface area contributed by atoms with Gasteiger partial charge in [0.2, 0.25) is 5.56 Å². The Balaban J connectivity index is 2.12. The number of pyridine rings is 1. The molecule has 0 spiro atoms. The second-order valence-electron chi connectivity index (χ2n) is 5.72. The van der Waals surface area contributed by atoms with Crippen LogP contribution in [-0.2, 0) is 11.3 Å². The predicted molar refractivity (Wildman–Crippen MR) is 91.3 cm³/mol. The maximum atomic E-state index is 12.2. The van der Waals surface area contributed by atoms with Crippen molar-refractivity contribution in [2.75, 3.05) is 6.61 Å². The lowest BCUT2D eigenvalue weighted by Crippen LogP contribution is -2.14. The fourth-order valence-corrected chi connectivity index (χ4v) is 2.74. The van der Waals surface area contributed by atoms with Crippen molar-refractivity contribution in [2.24, 2.45) is 0 Å². The van der Waals surface area contributed by atoms with E-state index in [0.29, 0.717) is 23.3 Å². The fraction of sp³-hybridized carbons (Fsp3) is 0.278. The second kappa shape index (κ2) is 6.31. The summed E-state index contributed by atoms with van der Waals surface area (Å²) in [6.07, 6.45) is 0. The Kier molecular flexibility index (Phi) is 4.20. The van der Waals surface area contributed by atoms with E-state index in [2.05, 4.69) is 10.1 Å². The minimum atomic E-state index is -0.508. The van der Waals surface area contributed by atoms with E-state index in [1.54, 1.807) is 11.6 Å². The first-order valence-electron chi connectivity index (χ1n) is 7.82. The smallest absolute Gasteiger partial charge is 0.339 e. The molecule has 2 aromatic heterocycles. The molecule has 0 unspecified atom stereocenters. The molecule has 0 amide bonds. The number of carbonyl (C=O) groups is 1. The highest BCUT2D eigenvalue weighted by atomic mass is 16.5. The number of aryl methyl sites for hydroxylation is 2. The monoisotopic (exact) mass is 325 g/mol. The molecule has 24 heavy (non-hydrogen) atoms. The summed E-state index contributed by atoms with van der Waals surface area (Å²) in [5.41, 5.74) is 3.35. The summed E-state index contributed by atoms with van der Waals surface area (Å²) < 4.78 is 6.77. The zero-order chi connectivity index (χ0) is 17.3. The second-order valence-corrected chi connectivity index (χ2v) is 5.72. The molecule has 0 aliphatic rings. The number of hydrogen-bond acceptors (Lipinski definition) is 4. The topological polar surface area (TPSA) is 77.0 Å². The molecule has 0 fully saturated rings. The van der Waals surface area contributed by atoms with E-state index in [9.17, 15) is 9.59 Å². The molecule has 3 rings (SSSR count). The lowest BCUT2D eigenvalue weighted by Gasteiger charge is -2.06. The van der Waals surface area contributed by atoms with Gasteiger partial charge in [0.05, 0.1) is 29.8 Å². The summed E-state index contributed by atoms with van der Waals surface area (Å²) in [6, 6.07) is 9.36. The number of aromatic amines is 1. The van der Waals surface area contributed by atoms with Crippen LogP contribution >= 0.6 is 0 Å². The third-order valence-electron chi connectivity index (χ3n) is 3.86. The Hall–Kier alpha value is -2.89. The van der Waals surface area contributed by atoms with Gasteiger partial charge in [-0.2, -0.15) is 5.10 Å². The first-order valence-corrected chi connectivity index (χ1v) is 7.82. The lowest BCUT2D eigenvalue weighted by atomic mass is 10.1. The molecule has 0 saturated carbocycles. The van der Waals surface area contributed by atoms with E-state index in [4.69, 9.17) is 4.74 Å². The normalized spacial score (nSPS) is 11.0. The quantitative estimate of drug-likeness (QED) is 0.748. The number of fused-ring (bicyclic) bond motifs is 1. The minimum absolute atomic E-state index is 0.253. The highest BCUT2D eigenvalue weighted by molar-refractivity contribution is 6.03. The first-order chi connectivity index (χ1) is 11.5. The van der Waals surface area contributed by atoms with E-state index in [1.807, 2.05) is 38.1 Å². The van der Waals surface area contributed by atoms with Crippen LogP contribution < -0.4 is 5.56 Å². The molecule has 3 aromatic rings. The number of carbonyl (C=O) groups excluding carboxylic acids is 1. The number of ether oxygens (including phenoxy) is 1. The van der Waals surface area contributed by atoms with Gasteiger partial charge in [-0.3, -0.25) is 4.79 Å². The SMILES string of the molecule is CCOC(=O)c1cc(=O)[nH]c2c1c(C)nn2Cc1ccc(C)cc1. The Bertz CT molecular complexity index is 952. The van der Waals surface area contributed by atoms with Crippen LogP contribution in [0.3, 0.4) is 0 Å². The van der Waals surface area contributed by atoms with Crippen LogP contribution in [-0.4, -0.2) is 27.3 Å². The van der Waals surface area contributed by atoms with Gasteiger partial charge in [-0.25, -0.2) is 9.48 Å². The van der Waals surface area contributed by atoms with E-state index in [0.717, 1.165) is 5.56 Å². The van der Waals surface area contributed by atoms with Crippen LogP contribution in [0.5, 0.6) is 0 Å². The summed E-state index contributed by atoms with van der Waals surface area (Å²) in [4.78, 5) is 26.9. The zero-order valence-corrected chi connectivity index (χ0v) is 13.9. The molecule has 0 aliphatic heterocycles. The number of H-pyrrole nitrogens is 1. The molecule has 6 heteroatoms. The molecule has 0 radical (unpaired) electrons. The molecular weight excluding hydrogens is 306 g/mol. The van der Waals surface area contributed by atoms with Gasteiger partial charge in [0.15, 0.2) is 0 Å². The van der Waals surface area contributed by atoms with E-state index in [1.165, 1.54) is 11.6 Å². The molecule has 0 bridgehead atoms. The molecule has 1 aromatic carbocycles. The third kappa shape index (κ3) is 2.95. The van der Waals surface area contributed by atoms with Crippen LogP contribution in [0.1, 0.15) is 34.1 Å². The maximum Gasteiger partial charge on any atom is 0.339 e. The highest BCUT2D eigenvalue weighted by Gasteiger charge is 2.19. The van der Waals surface area contributed by atoms with Crippen LogP contribution in [0.25, 0.3) is 11.0 Å². The average molecular weight is 325 g/mol. The molecular formula is C18H19N3O3. The van der Waals surface area contributed by atoms with E-state index in [-0.39, 0.29) is 17.7 Å². The van der Waals surface area contributed by atoms with Crippen molar-refractivity contribution in [1.29, 1.82) is 0 Å². The van der Waals surface area contributed by atoms with Gasteiger partial charge in [-0.05, 0) is 26.3 Å². The Morgan fingerprint density at radius 2 is 1.96 bits per heavy atom. The molecule has 0 atom stereocenters. The molecule has 2 heterocycles. The van der Waals surface area contributed by atoms with Crippen molar-refractivity contribution < 1.29 is 9.53 Å². The van der Waals surface area contributed by atoms with Crippen molar-refractivity contribution >= 4 is 17.0 Å². The summed E-state index contributed by atoms with van der Waals surface area (Å²) in [7, 11) is 0. The minimum Gasteiger partial charge on any atom is -0.462 e. The van der Waals surface area contributed by atoms with Gasteiger partial charge < -0.3 is 9.72 Å². The van der Waals surface area contributed by atoms with Gasteiger partial charge >= 0.3 is 5.97 Å². The largest absolute Gasteiger partial charge is 0.462 e. The lowest BCUT2D eigenvalue weighted by molar-refractivity contribution is 0.0528. The van der Waals surface area contributed by atoms with Crippen molar-refractivity contribution in [3.63, 3.8) is 0 Å². The van der Waals surface area contributed by atoms with Crippen LogP contribution in [0.2, 0.25) is 0 Å². The molecule has 1 N–H and O–H groups in total. The van der Waals surface area contributed by atoms with Crippen molar-refractivity contribution in [3.8, 4) is 0 Å². The fourth-order valence-electron chi connectivity index (χ4n) is 2.74. The Labute approximate surface area is 139 Å². The Morgan fingerprint density at radius 3 is 2.62 bits per heavy atom. The van der Waals surface area contributed by atoms with Gasteiger partial charge in [-0.15, -0.1) is 0 Å². The first kappa shape index (κ1) is 16.0. The summed E-state index contributed by atoms with van der Waals surface area (Å²) in [6.45, 7) is 6.34. The molecule has 0 saturated heterocycles. The number of hydrogen-bond donors (Lipinski definition) is 1. The molecule has 0 aliphatic carbocycles. The zero-order valence-electron chi connectivity index (χ0n) is 13.9. The van der Waals surface area contributed by atoms with Crippen LogP contribution in [0.15, 0.2) is 35.1 Å². The number of nitrogens with one attached hydrogen (secondary N) is 1. The average Bonchev–Trinajstić information content (AvgIpc) is 2.85. The van der Waals surface area contributed by atoms with Crippen molar-refractivity contribution in [2.45, 2.75) is 27.3 Å². The third-order valence-corrected chi connectivity index (χ3v) is 3.86. The number of aromatic nitrogens is 3. The van der Waals surface area contributed by atoms with E-state index < -0.39 is 5.97 Å². The van der Waals surface area contributed by atoms with Crippen molar-refractivity contribution in [1.82, 2.24) is 14.8 Å². The Morgan fingerprint density at radius 1 is 1.25 bits per heavy atom. The van der Waals surface area contributed by atoms with Gasteiger partial charge in [0.1, 0.15) is 5.65 Å². The predicted octanol–water partition coefficient (Wildman–Crippen LogP) is 2.57. The van der Waals surface area contributed by atoms with Gasteiger partial charge in [0, 0.05) is 6.07 Å². The standard InChI is InChI=1S/C18H19N3O3/c1-4-24-18(23)14-9-15(22)19-17-16(14)12(3)20-21(17)10-13-7-5-11(2)6-8-13/h5-9H,4,10H2,1-3H3,(H,19,22). The van der Waals surface area contributed by atoms with E-state index >= 15 is 0 Å². The van der Waals surface area contributed by atoms with Gasteiger partial charge in [0.25, 0.3) is 0 Å². The number of benzene rings is 1. The number of esters is 1. The summed E-state index contributed by atoms with van der Waals surface area (Å²) in [5, 5.41) is 5.12. The van der Waals surface area contributed by atoms with Crippen LogP contribution in [0, 0.1) is 13.8 Å². The highest BCUT2D eigenvalue weighted by Crippen LogP contribution is 2.21. The number of nitrogens with zero attached hydrogens (tertiary/aromatic N) is 2.